The van der Waals surface area contributed by atoms with E-state index in [1.807, 2.05) is 94.4 Å². The molecule has 0 spiro atoms. The standard InChI is InChI=1S/C30H35N3O4S.C21H25N5O4S2.2Na/c1-17(16-20(31)13-12-18(2)38(36)37)32-24-15-14-23-27-26(21-10-6-7-11-22(21)29(34)28(24)27)25(30(35)33-23)19-8-4-3-5-9-19;1-5-14(2)25-32(29,30)20-12-6-17(7-13-20)22-23-21-15(3)24-26(16(21)4)18-8-10-19(11-9-18)31(27)28;;/h3-11,14-15,17-18,20,24-28,32H,12-13,16,31H2,1-2H3,(H,36,37);6-14,25H,5H2,1-4H3,(H,27,28);;/q;;2*+1/p-2. The van der Waals surface area contributed by atoms with Gasteiger partial charge in [-0.3, -0.25) is 18.0 Å². The molecule has 0 saturated carbocycles. The number of aromatic nitrogens is 2. The van der Waals surface area contributed by atoms with Crippen molar-refractivity contribution in [1.29, 1.82) is 0 Å². The van der Waals surface area contributed by atoms with Gasteiger partial charge in [0.05, 0.1) is 39.5 Å². The number of hydrogen-bond acceptors (Lipinski definition) is 13. The zero-order valence-electron chi connectivity index (χ0n) is 41.8. The number of sulfonamides is 1. The number of aryl methyl sites for hydroxylation is 1. The van der Waals surface area contributed by atoms with E-state index >= 15 is 0 Å². The first kappa shape index (κ1) is 59.4. The Morgan fingerprint density at radius 2 is 1.47 bits per heavy atom. The van der Waals surface area contributed by atoms with Gasteiger partial charge in [-0.2, -0.15) is 10.2 Å². The summed E-state index contributed by atoms with van der Waals surface area (Å²) in [6.07, 6.45) is 6.34. The Morgan fingerprint density at radius 3 is 2.11 bits per heavy atom. The normalized spacial score (nSPS) is 21.6. The number of aliphatic imine (C=N–C) groups is 1. The van der Waals surface area contributed by atoms with Crippen molar-refractivity contribution in [1.82, 2.24) is 19.8 Å². The van der Waals surface area contributed by atoms with Gasteiger partial charge in [0.25, 0.3) is 5.91 Å². The summed E-state index contributed by atoms with van der Waals surface area (Å²) in [5.74, 6) is -1.33. The summed E-state index contributed by atoms with van der Waals surface area (Å²) in [4.78, 5) is 32.2. The number of nitrogens with zero attached hydrogens (tertiary/aromatic N) is 5. The number of Topliss-reactive ketones (excluding diaryl/α,β-unsaturated/α-hetero) is 1. The minimum atomic E-state index is -3.58. The maximum Gasteiger partial charge on any atom is 1.00 e. The van der Waals surface area contributed by atoms with E-state index in [-0.39, 0.29) is 123 Å². The molecule has 0 radical (unpaired) electrons. The third-order valence-corrected chi connectivity index (χ3v) is 16.4. The van der Waals surface area contributed by atoms with Gasteiger partial charge in [-0.05, 0) is 130 Å². The van der Waals surface area contributed by atoms with Gasteiger partial charge in [0.15, 0.2) is 5.78 Å². The van der Waals surface area contributed by atoms with Crippen LogP contribution in [0.4, 0.5) is 11.4 Å². The predicted octanol–water partition coefficient (Wildman–Crippen LogP) is 1.87. The van der Waals surface area contributed by atoms with Crippen LogP contribution in [0.15, 0.2) is 140 Å². The van der Waals surface area contributed by atoms with E-state index in [2.05, 4.69) is 30.4 Å². The fraction of sp³-hybridized carbons (Fsp3) is 0.373. The third-order valence-electron chi connectivity index (χ3n) is 13.2. The Labute approximate surface area is 471 Å². The van der Waals surface area contributed by atoms with Gasteiger partial charge in [-0.25, -0.2) is 22.8 Å². The van der Waals surface area contributed by atoms with E-state index in [0.717, 1.165) is 16.8 Å². The molecule has 0 fully saturated rings. The molecule has 11 unspecified atom stereocenters. The fourth-order valence-corrected chi connectivity index (χ4v) is 11.4. The van der Waals surface area contributed by atoms with Crippen LogP contribution in [0.5, 0.6) is 0 Å². The average Bonchev–Trinajstić information content (AvgIpc) is 3.63. The second-order valence-electron chi connectivity index (χ2n) is 18.2. The fourth-order valence-electron chi connectivity index (χ4n) is 9.44. The van der Waals surface area contributed by atoms with Gasteiger partial charge < -0.3 is 20.2 Å². The number of carbonyl (C=O) groups is 2. The molecule has 1 amide bonds. The molecule has 0 saturated heterocycles. The number of nitrogens with two attached hydrogens (primary N) is 1. The summed E-state index contributed by atoms with van der Waals surface area (Å²) in [6, 6.07) is 29.4. The van der Waals surface area contributed by atoms with Crippen molar-refractivity contribution >= 4 is 61.0 Å². The van der Waals surface area contributed by atoms with Gasteiger partial charge in [0.1, 0.15) is 5.69 Å². The predicted molar refractivity (Wildman–Crippen MR) is 269 cm³/mol. The zero-order valence-corrected chi connectivity index (χ0v) is 48.2. The summed E-state index contributed by atoms with van der Waals surface area (Å²) in [5, 5.41) is 16.2. The van der Waals surface area contributed by atoms with E-state index in [1.165, 1.54) is 24.3 Å². The molecule has 370 valence electrons. The molecular formula is C51H58N8Na2O8S3. The number of azo groups is 1. The molecule has 5 aromatic rings. The van der Waals surface area contributed by atoms with Crippen LogP contribution in [0.25, 0.3) is 5.69 Å². The van der Waals surface area contributed by atoms with Gasteiger partial charge in [-0.1, -0.05) is 85.6 Å². The SMILES string of the molecule is CC(CC(N)CCC(C)S(=O)[O-])NC1C=CC2=NC(=O)C(c3ccccc3)C3c4ccccc4C(=O)C1C23.CCC(C)NS(=O)(=O)c1ccc(N=Nc2c(C)nn(-c3ccc(S(=O)[O-])cc3)c2C)cc1.[Na+].[Na+]. The van der Waals surface area contributed by atoms with Crippen molar-refractivity contribution in [2.24, 2.45) is 32.8 Å². The van der Waals surface area contributed by atoms with E-state index in [9.17, 15) is 35.5 Å². The number of nitrogens with one attached hydrogen (secondary N) is 2. The van der Waals surface area contributed by atoms with Crippen molar-refractivity contribution < 1.29 is 94.6 Å². The number of rotatable bonds is 17. The number of hydrogen-bond donors (Lipinski definition) is 3. The molecule has 2 heterocycles. The maximum atomic E-state index is 14.0. The van der Waals surface area contributed by atoms with Crippen LogP contribution in [0.2, 0.25) is 0 Å². The Hall–Kier alpha value is -3.51. The van der Waals surface area contributed by atoms with Gasteiger partial charge in [0, 0.05) is 57.4 Å². The monoisotopic (exact) mass is 1050 g/mol. The molecule has 21 heteroatoms. The molecule has 3 aliphatic rings. The maximum absolute atomic E-state index is 14.0. The quantitative estimate of drug-likeness (QED) is 0.0689. The zero-order chi connectivity index (χ0) is 50.4. The largest absolute Gasteiger partial charge is 1.00 e. The molecule has 16 nitrogen and oxygen atoms in total. The second kappa shape index (κ2) is 26.3. The molecule has 8 rings (SSSR count). The van der Waals surface area contributed by atoms with Crippen molar-refractivity contribution in [3.8, 4) is 5.69 Å². The molecule has 4 aromatic carbocycles. The molecule has 11 atom stereocenters. The van der Waals surface area contributed by atoms with E-state index in [1.54, 1.807) is 42.8 Å². The number of allylic oxidation sites excluding steroid dienone is 1. The minimum Gasteiger partial charge on any atom is -0.772 e. The number of ketones is 1. The molecule has 72 heavy (non-hydrogen) atoms. The second-order valence-corrected chi connectivity index (χ2v) is 22.2. The number of fused-ring (bicyclic) bond motifs is 2. The molecular weight excluding hydrogens is 995 g/mol. The van der Waals surface area contributed by atoms with E-state index in [0.29, 0.717) is 59.7 Å². The van der Waals surface area contributed by atoms with Gasteiger partial charge >= 0.3 is 59.1 Å². The first-order valence-corrected chi connectivity index (χ1v) is 27.0. The van der Waals surface area contributed by atoms with Gasteiger partial charge in [-0.15, -0.1) is 5.11 Å². The molecule has 2 aliphatic carbocycles. The van der Waals surface area contributed by atoms with Crippen molar-refractivity contribution in [2.75, 3.05) is 0 Å². The average molecular weight is 1050 g/mol. The van der Waals surface area contributed by atoms with Gasteiger partial charge in [0.2, 0.25) is 10.0 Å². The summed E-state index contributed by atoms with van der Waals surface area (Å²) < 4.78 is 73.4. The topological polar surface area (TPSA) is 254 Å². The smallest absolute Gasteiger partial charge is 0.772 e. The summed E-state index contributed by atoms with van der Waals surface area (Å²) in [6.45, 7) is 11.1. The summed E-state index contributed by atoms with van der Waals surface area (Å²) >= 11 is -4.39. The van der Waals surface area contributed by atoms with Crippen molar-refractivity contribution in [3.63, 3.8) is 0 Å². The van der Waals surface area contributed by atoms with Crippen molar-refractivity contribution in [2.45, 2.75) is 118 Å². The minimum absolute atomic E-state index is 0. The van der Waals surface area contributed by atoms with Crippen LogP contribution in [-0.2, 0) is 37.0 Å². The van der Waals surface area contributed by atoms with Crippen LogP contribution in [0, 0.1) is 25.7 Å². The van der Waals surface area contributed by atoms with E-state index < -0.39 is 43.4 Å². The Bertz CT molecular complexity index is 2960. The summed E-state index contributed by atoms with van der Waals surface area (Å²) in [7, 11) is -3.58. The Kier molecular flexibility index (Phi) is 21.7. The first-order valence-electron chi connectivity index (χ1n) is 23.3. The van der Waals surface area contributed by atoms with Crippen LogP contribution >= 0.6 is 0 Å². The molecule has 1 aromatic heterocycles. The van der Waals surface area contributed by atoms with E-state index in [4.69, 9.17) is 5.73 Å². The molecule has 0 bridgehead atoms. The first-order chi connectivity index (χ1) is 33.4. The third kappa shape index (κ3) is 13.9. The van der Waals surface area contributed by atoms with Crippen LogP contribution < -0.4 is 74.9 Å². The molecule has 1 aliphatic heterocycles. The summed E-state index contributed by atoms with van der Waals surface area (Å²) in [5.41, 5.74) is 12.7. The van der Waals surface area contributed by atoms with Crippen LogP contribution in [-0.4, -0.2) is 82.5 Å². The van der Waals surface area contributed by atoms with Crippen molar-refractivity contribution in [3.05, 3.63) is 143 Å². The number of carbonyl (C=O) groups excluding carboxylic acids is 2. The van der Waals surface area contributed by atoms with Crippen LogP contribution in [0.1, 0.15) is 98.1 Å². The Morgan fingerprint density at radius 1 is 0.819 bits per heavy atom. The molecule has 4 N–H and O–H groups in total. The van der Waals surface area contributed by atoms with Crippen LogP contribution in [0.3, 0.4) is 0 Å². The number of amides is 1. The number of benzene rings is 4. The Balaban J connectivity index is 0.000000264.